The molecule has 33 heavy (non-hydrogen) atoms. The molecule has 4 aromatic rings. The minimum atomic E-state index is -0.413. The Bertz CT molecular complexity index is 1310. The molecule has 1 atom stereocenters. The molecule has 2 amide bonds. The first kappa shape index (κ1) is 22.1. The molecule has 0 bridgehead atoms. The van der Waals surface area contributed by atoms with Crippen LogP contribution in [0.15, 0.2) is 72.8 Å². The van der Waals surface area contributed by atoms with E-state index in [2.05, 4.69) is 10.6 Å². The summed E-state index contributed by atoms with van der Waals surface area (Å²) in [6.45, 7) is 3.85. The maximum Gasteiger partial charge on any atom is 0.251 e. The monoisotopic (exact) mass is 442 g/mol. The Balaban J connectivity index is 1.60. The number of aryl methyl sites for hydroxylation is 1. The quantitative estimate of drug-likeness (QED) is 0.442. The summed E-state index contributed by atoms with van der Waals surface area (Å²) in [5.41, 5.74) is 3.76. The summed E-state index contributed by atoms with van der Waals surface area (Å²) < 4.78 is 7.16. The molecular formula is C26H26N4O3. The summed E-state index contributed by atoms with van der Waals surface area (Å²) in [6.07, 6.45) is 0. The van der Waals surface area contributed by atoms with E-state index in [1.807, 2.05) is 73.0 Å². The Morgan fingerprint density at radius 3 is 2.58 bits per heavy atom. The number of nitrogens with one attached hydrogen (secondary N) is 2. The number of aromatic nitrogens is 2. The van der Waals surface area contributed by atoms with Crippen LogP contribution in [-0.4, -0.2) is 28.5 Å². The summed E-state index contributed by atoms with van der Waals surface area (Å²) >= 11 is 0. The van der Waals surface area contributed by atoms with Crippen LogP contribution in [0.2, 0.25) is 0 Å². The number of fused-ring (bicyclic) bond motifs is 1. The Morgan fingerprint density at radius 2 is 1.79 bits per heavy atom. The Morgan fingerprint density at radius 1 is 1.03 bits per heavy atom. The van der Waals surface area contributed by atoms with Crippen LogP contribution < -0.4 is 15.4 Å². The second kappa shape index (κ2) is 9.56. The zero-order valence-corrected chi connectivity index (χ0v) is 18.8. The highest BCUT2D eigenvalue weighted by Gasteiger charge is 2.21. The fourth-order valence-corrected chi connectivity index (χ4v) is 3.80. The van der Waals surface area contributed by atoms with Crippen molar-refractivity contribution in [1.82, 2.24) is 14.9 Å². The number of nitrogens with zero attached hydrogens (tertiary/aromatic N) is 2. The van der Waals surface area contributed by atoms with Crippen molar-refractivity contribution in [2.45, 2.75) is 26.4 Å². The number of imidazole rings is 1. The van der Waals surface area contributed by atoms with Crippen molar-refractivity contribution in [3.8, 4) is 5.75 Å². The number of methoxy groups -OCH3 is 1. The molecule has 0 saturated carbocycles. The lowest BCUT2D eigenvalue weighted by Gasteiger charge is -2.17. The van der Waals surface area contributed by atoms with Crippen LogP contribution in [0.3, 0.4) is 0 Å². The molecule has 1 heterocycles. The molecular weight excluding hydrogens is 416 g/mol. The molecule has 3 aromatic carbocycles. The van der Waals surface area contributed by atoms with Gasteiger partial charge in [0.05, 0.1) is 29.9 Å². The molecule has 0 fully saturated rings. The van der Waals surface area contributed by atoms with Gasteiger partial charge in [0.2, 0.25) is 5.91 Å². The zero-order valence-electron chi connectivity index (χ0n) is 18.8. The molecule has 1 unspecified atom stereocenters. The molecule has 0 aliphatic heterocycles. The third kappa shape index (κ3) is 4.87. The van der Waals surface area contributed by atoms with Crippen LogP contribution in [-0.2, 0) is 11.3 Å². The summed E-state index contributed by atoms with van der Waals surface area (Å²) in [6, 6.07) is 21.9. The van der Waals surface area contributed by atoms with Gasteiger partial charge < -0.3 is 19.9 Å². The number of anilines is 1. The summed E-state index contributed by atoms with van der Waals surface area (Å²) in [5, 5.41) is 5.91. The van der Waals surface area contributed by atoms with Gasteiger partial charge in [-0.2, -0.15) is 0 Å². The Labute approximate surface area is 192 Å². The van der Waals surface area contributed by atoms with Crippen molar-refractivity contribution >= 4 is 28.5 Å². The Kier molecular flexibility index (Phi) is 6.40. The van der Waals surface area contributed by atoms with Gasteiger partial charge >= 0.3 is 0 Å². The molecule has 168 valence electrons. The SMILES string of the molecule is COc1ccccc1NC(=O)Cn1c(C(C)NC(=O)c2cccc(C)c2)nc2ccccc21. The molecule has 7 nitrogen and oxygen atoms in total. The van der Waals surface area contributed by atoms with Crippen molar-refractivity contribution in [3.05, 3.63) is 89.7 Å². The number of amides is 2. The van der Waals surface area contributed by atoms with Gasteiger partial charge in [0.1, 0.15) is 18.1 Å². The highest BCUT2D eigenvalue weighted by molar-refractivity contribution is 5.95. The van der Waals surface area contributed by atoms with Gasteiger partial charge in [-0.1, -0.05) is 42.0 Å². The van der Waals surface area contributed by atoms with Crippen molar-refractivity contribution in [1.29, 1.82) is 0 Å². The second-order valence-corrected chi connectivity index (χ2v) is 7.86. The van der Waals surface area contributed by atoms with E-state index in [-0.39, 0.29) is 18.4 Å². The van der Waals surface area contributed by atoms with Gasteiger partial charge in [-0.05, 0) is 50.2 Å². The van der Waals surface area contributed by atoms with Gasteiger partial charge in [0.25, 0.3) is 5.91 Å². The number of hydrogen-bond donors (Lipinski definition) is 2. The number of hydrogen-bond acceptors (Lipinski definition) is 4. The third-order valence-corrected chi connectivity index (χ3v) is 5.38. The average Bonchev–Trinajstić information content (AvgIpc) is 3.18. The van der Waals surface area contributed by atoms with E-state index in [0.717, 1.165) is 16.6 Å². The lowest BCUT2D eigenvalue weighted by atomic mass is 10.1. The van der Waals surface area contributed by atoms with Gasteiger partial charge in [-0.15, -0.1) is 0 Å². The second-order valence-electron chi connectivity index (χ2n) is 7.86. The van der Waals surface area contributed by atoms with Gasteiger partial charge in [-0.25, -0.2) is 4.98 Å². The first-order chi connectivity index (χ1) is 16.0. The maximum absolute atomic E-state index is 12.9. The van der Waals surface area contributed by atoms with Crippen LogP contribution in [0.5, 0.6) is 5.75 Å². The molecule has 1 aromatic heterocycles. The van der Waals surface area contributed by atoms with Crippen molar-refractivity contribution in [2.24, 2.45) is 0 Å². The molecule has 0 aliphatic carbocycles. The first-order valence-electron chi connectivity index (χ1n) is 10.7. The largest absolute Gasteiger partial charge is 0.495 e. The highest BCUT2D eigenvalue weighted by Crippen LogP contribution is 2.24. The normalized spacial score (nSPS) is 11.7. The topological polar surface area (TPSA) is 85.2 Å². The van der Waals surface area contributed by atoms with E-state index in [9.17, 15) is 9.59 Å². The fourth-order valence-electron chi connectivity index (χ4n) is 3.80. The minimum Gasteiger partial charge on any atom is -0.495 e. The standard InChI is InChI=1S/C26H26N4O3/c1-17-9-8-10-19(15-17)26(32)27-18(2)25-29-20-11-4-6-13-22(20)30(25)16-24(31)28-21-12-5-7-14-23(21)33-3/h4-15,18H,16H2,1-3H3,(H,27,32)(H,28,31). The van der Waals surface area contributed by atoms with Gasteiger partial charge in [-0.3, -0.25) is 9.59 Å². The maximum atomic E-state index is 12.9. The van der Waals surface area contributed by atoms with Crippen LogP contribution in [0.1, 0.15) is 34.7 Å². The van der Waals surface area contributed by atoms with Crippen LogP contribution in [0, 0.1) is 6.92 Å². The number of ether oxygens (including phenoxy) is 1. The third-order valence-electron chi connectivity index (χ3n) is 5.38. The van der Waals surface area contributed by atoms with Crippen molar-refractivity contribution in [3.63, 3.8) is 0 Å². The molecule has 7 heteroatoms. The predicted molar refractivity (Wildman–Crippen MR) is 128 cm³/mol. The van der Waals surface area contributed by atoms with E-state index < -0.39 is 6.04 Å². The number of benzene rings is 3. The highest BCUT2D eigenvalue weighted by atomic mass is 16.5. The molecule has 0 saturated heterocycles. The molecule has 4 rings (SSSR count). The molecule has 0 radical (unpaired) electrons. The predicted octanol–water partition coefficient (Wildman–Crippen LogP) is 4.48. The number of carbonyl (C=O) groups excluding carboxylic acids is 2. The summed E-state index contributed by atoms with van der Waals surface area (Å²) in [7, 11) is 1.56. The summed E-state index contributed by atoms with van der Waals surface area (Å²) in [4.78, 5) is 30.5. The van der Waals surface area contributed by atoms with Crippen molar-refractivity contribution < 1.29 is 14.3 Å². The van der Waals surface area contributed by atoms with E-state index in [1.54, 1.807) is 25.3 Å². The molecule has 0 aliphatic rings. The van der Waals surface area contributed by atoms with E-state index >= 15 is 0 Å². The molecule has 2 N–H and O–H groups in total. The van der Waals surface area contributed by atoms with Gasteiger partial charge in [0, 0.05) is 5.56 Å². The lowest BCUT2D eigenvalue weighted by Crippen LogP contribution is -2.30. The first-order valence-corrected chi connectivity index (χ1v) is 10.7. The van der Waals surface area contributed by atoms with Crippen molar-refractivity contribution in [2.75, 3.05) is 12.4 Å². The number of para-hydroxylation sites is 4. The molecule has 0 spiro atoms. The lowest BCUT2D eigenvalue weighted by molar-refractivity contribution is -0.116. The fraction of sp³-hybridized carbons (Fsp3) is 0.192. The van der Waals surface area contributed by atoms with Crippen LogP contribution in [0.4, 0.5) is 5.69 Å². The van der Waals surface area contributed by atoms with Crippen LogP contribution >= 0.6 is 0 Å². The average molecular weight is 443 g/mol. The number of carbonyl (C=O) groups is 2. The number of rotatable bonds is 7. The van der Waals surface area contributed by atoms with E-state index in [0.29, 0.717) is 22.8 Å². The van der Waals surface area contributed by atoms with Crippen LogP contribution in [0.25, 0.3) is 11.0 Å². The summed E-state index contributed by atoms with van der Waals surface area (Å²) in [5.74, 6) is 0.775. The Hall–Kier alpha value is -4.13. The minimum absolute atomic E-state index is 0.0402. The zero-order chi connectivity index (χ0) is 23.4. The van der Waals surface area contributed by atoms with E-state index in [1.165, 1.54) is 0 Å². The smallest absolute Gasteiger partial charge is 0.251 e. The van der Waals surface area contributed by atoms with Gasteiger partial charge in [0.15, 0.2) is 0 Å². The van der Waals surface area contributed by atoms with E-state index in [4.69, 9.17) is 9.72 Å².